The third-order valence-corrected chi connectivity index (χ3v) is 3.16. The fraction of sp³-hybridized carbons (Fsp3) is 0.250. The predicted octanol–water partition coefficient (Wildman–Crippen LogP) is 3.16. The first-order valence-electron chi connectivity index (χ1n) is 5.09. The van der Waals surface area contributed by atoms with Crippen LogP contribution in [0.25, 0.3) is 11.3 Å². The van der Waals surface area contributed by atoms with Crippen molar-refractivity contribution < 1.29 is 9.47 Å². The van der Waals surface area contributed by atoms with Crippen molar-refractivity contribution in [2.75, 3.05) is 14.2 Å². The molecule has 1 heterocycles. The summed E-state index contributed by atoms with van der Waals surface area (Å²) in [7, 11) is 3.27. The lowest BCUT2D eigenvalue weighted by molar-refractivity contribution is 0.395. The van der Waals surface area contributed by atoms with E-state index in [4.69, 9.17) is 9.47 Å². The van der Waals surface area contributed by atoms with E-state index in [0.717, 1.165) is 32.9 Å². The van der Waals surface area contributed by atoms with E-state index in [1.807, 2.05) is 19.1 Å². The molecule has 0 aliphatic carbocycles. The number of rotatable bonds is 3. The van der Waals surface area contributed by atoms with Gasteiger partial charge in [-0.15, -0.1) is 0 Å². The number of benzene rings is 1. The van der Waals surface area contributed by atoms with Crippen molar-refractivity contribution in [3.8, 4) is 22.8 Å². The number of hydrogen-bond acceptors (Lipinski definition) is 3. The fourth-order valence-electron chi connectivity index (χ4n) is 1.76. The van der Waals surface area contributed by atoms with Crippen LogP contribution in [0.3, 0.4) is 0 Å². The molecule has 1 aromatic carbocycles. The molecule has 90 valence electrons. The summed E-state index contributed by atoms with van der Waals surface area (Å²) in [6.45, 7) is 2.00. The Hall–Kier alpha value is -1.49. The lowest BCUT2D eigenvalue weighted by atomic mass is 10.0. The van der Waals surface area contributed by atoms with Crippen molar-refractivity contribution in [1.29, 1.82) is 0 Å². The average Bonchev–Trinajstić information content (AvgIpc) is 2.74. The van der Waals surface area contributed by atoms with Gasteiger partial charge in [0.05, 0.1) is 20.5 Å². The second kappa shape index (κ2) is 4.79. The molecule has 4 nitrogen and oxygen atoms in total. The second-order valence-corrected chi connectivity index (χ2v) is 4.38. The zero-order chi connectivity index (χ0) is 12.4. The third kappa shape index (κ3) is 2.15. The van der Waals surface area contributed by atoms with Crippen LogP contribution in [-0.2, 0) is 0 Å². The highest BCUT2D eigenvalue weighted by atomic mass is 79.9. The standard InChI is InChI=1S/C12H13BrN2O2/c1-7-4-8(16-2)5-9(17-3)10(7)11-12(13)15-6-14-11/h4-6H,1-3H3,(H,14,15). The number of halogens is 1. The molecule has 2 aromatic rings. The lowest BCUT2D eigenvalue weighted by Gasteiger charge is -2.12. The Kier molecular flexibility index (Phi) is 3.38. The van der Waals surface area contributed by atoms with Crippen LogP contribution < -0.4 is 9.47 Å². The first kappa shape index (κ1) is 12.0. The molecule has 0 unspecified atom stereocenters. The van der Waals surface area contributed by atoms with E-state index in [2.05, 4.69) is 25.9 Å². The van der Waals surface area contributed by atoms with E-state index in [0.29, 0.717) is 0 Å². The Morgan fingerprint density at radius 1 is 1.24 bits per heavy atom. The second-order valence-electron chi connectivity index (χ2n) is 3.59. The van der Waals surface area contributed by atoms with E-state index in [-0.39, 0.29) is 0 Å². The normalized spacial score (nSPS) is 10.4. The smallest absolute Gasteiger partial charge is 0.132 e. The van der Waals surface area contributed by atoms with Gasteiger partial charge in [0.1, 0.15) is 21.8 Å². The van der Waals surface area contributed by atoms with Gasteiger partial charge < -0.3 is 14.5 Å². The van der Waals surface area contributed by atoms with Gasteiger partial charge in [-0.1, -0.05) is 0 Å². The molecule has 0 atom stereocenters. The monoisotopic (exact) mass is 296 g/mol. The Bertz CT molecular complexity index is 537. The minimum Gasteiger partial charge on any atom is -0.497 e. The fourth-order valence-corrected chi connectivity index (χ4v) is 2.16. The highest BCUT2D eigenvalue weighted by Crippen LogP contribution is 2.38. The summed E-state index contributed by atoms with van der Waals surface area (Å²) in [4.78, 5) is 7.28. The van der Waals surface area contributed by atoms with Crippen molar-refractivity contribution in [1.82, 2.24) is 9.97 Å². The highest BCUT2D eigenvalue weighted by molar-refractivity contribution is 9.10. The van der Waals surface area contributed by atoms with E-state index in [1.54, 1.807) is 20.5 Å². The Morgan fingerprint density at radius 3 is 2.53 bits per heavy atom. The van der Waals surface area contributed by atoms with Crippen molar-refractivity contribution in [3.05, 3.63) is 28.6 Å². The van der Waals surface area contributed by atoms with Crippen LogP contribution in [0, 0.1) is 6.92 Å². The van der Waals surface area contributed by atoms with Crippen LogP contribution in [0.15, 0.2) is 23.1 Å². The number of methoxy groups -OCH3 is 2. The van der Waals surface area contributed by atoms with Crippen molar-refractivity contribution in [2.45, 2.75) is 6.92 Å². The summed E-state index contributed by atoms with van der Waals surface area (Å²) in [5.74, 6) is 1.52. The van der Waals surface area contributed by atoms with Gasteiger partial charge in [-0.25, -0.2) is 4.98 Å². The molecule has 0 bridgehead atoms. The van der Waals surface area contributed by atoms with Crippen molar-refractivity contribution in [2.24, 2.45) is 0 Å². The van der Waals surface area contributed by atoms with Crippen molar-refractivity contribution in [3.63, 3.8) is 0 Å². The van der Waals surface area contributed by atoms with Gasteiger partial charge in [-0.05, 0) is 34.5 Å². The van der Waals surface area contributed by atoms with Gasteiger partial charge in [0.2, 0.25) is 0 Å². The average molecular weight is 297 g/mol. The van der Waals surface area contributed by atoms with Crippen LogP contribution in [-0.4, -0.2) is 24.2 Å². The molecule has 0 aliphatic rings. The van der Waals surface area contributed by atoms with Crippen LogP contribution in [0.5, 0.6) is 11.5 Å². The largest absolute Gasteiger partial charge is 0.497 e. The molecule has 0 aliphatic heterocycles. The van der Waals surface area contributed by atoms with Gasteiger partial charge >= 0.3 is 0 Å². The quantitative estimate of drug-likeness (QED) is 0.946. The van der Waals surface area contributed by atoms with Crippen LogP contribution in [0.2, 0.25) is 0 Å². The first-order valence-corrected chi connectivity index (χ1v) is 5.88. The van der Waals surface area contributed by atoms with Crippen LogP contribution in [0.4, 0.5) is 0 Å². The maximum Gasteiger partial charge on any atom is 0.132 e. The number of ether oxygens (including phenoxy) is 2. The van der Waals surface area contributed by atoms with E-state index >= 15 is 0 Å². The summed E-state index contributed by atoms with van der Waals surface area (Å²) in [5, 5.41) is 0. The zero-order valence-corrected chi connectivity index (χ0v) is 11.5. The maximum atomic E-state index is 5.39. The van der Waals surface area contributed by atoms with E-state index < -0.39 is 0 Å². The van der Waals surface area contributed by atoms with Crippen LogP contribution >= 0.6 is 15.9 Å². The summed E-state index contributed by atoms with van der Waals surface area (Å²) in [5.41, 5.74) is 2.84. The van der Waals surface area contributed by atoms with E-state index in [9.17, 15) is 0 Å². The number of aromatic nitrogens is 2. The molecule has 1 N–H and O–H groups in total. The topological polar surface area (TPSA) is 47.1 Å². The lowest BCUT2D eigenvalue weighted by Crippen LogP contribution is -1.94. The molecule has 0 spiro atoms. The van der Waals surface area contributed by atoms with Gasteiger partial charge in [0.15, 0.2) is 0 Å². The number of aryl methyl sites for hydroxylation is 1. The molecule has 1 aromatic heterocycles. The number of hydrogen-bond donors (Lipinski definition) is 1. The van der Waals surface area contributed by atoms with Gasteiger partial charge in [-0.2, -0.15) is 0 Å². The zero-order valence-electron chi connectivity index (χ0n) is 9.87. The maximum absolute atomic E-state index is 5.39. The van der Waals surface area contributed by atoms with Gasteiger partial charge in [0.25, 0.3) is 0 Å². The number of nitrogens with zero attached hydrogens (tertiary/aromatic N) is 1. The molecule has 0 amide bonds. The summed E-state index contributed by atoms with van der Waals surface area (Å²) >= 11 is 3.43. The Labute approximate surface area is 108 Å². The summed E-state index contributed by atoms with van der Waals surface area (Å²) in [6.07, 6.45) is 1.64. The number of nitrogens with one attached hydrogen (secondary N) is 1. The predicted molar refractivity (Wildman–Crippen MR) is 69.6 cm³/mol. The van der Waals surface area contributed by atoms with E-state index in [1.165, 1.54) is 0 Å². The minimum atomic E-state index is 0.745. The van der Waals surface area contributed by atoms with Crippen LogP contribution in [0.1, 0.15) is 5.56 Å². The SMILES string of the molecule is COc1cc(C)c(-c2nc[nH]c2Br)c(OC)c1. The molecular weight excluding hydrogens is 284 g/mol. The first-order chi connectivity index (χ1) is 8.17. The number of aromatic amines is 1. The molecule has 0 saturated carbocycles. The third-order valence-electron chi connectivity index (χ3n) is 2.56. The van der Waals surface area contributed by atoms with Gasteiger partial charge in [-0.3, -0.25) is 0 Å². The molecule has 0 saturated heterocycles. The molecule has 5 heteroatoms. The molecule has 2 rings (SSSR count). The summed E-state index contributed by atoms with van der Waals surface area (Å²) < 4.78 is 11.4. The number of imidazole rings is 1. The molecule has 0 fully saturated rings. The molecule has 0 radical (unpaired) electrons. The van der Waals surface area contributed by atoms with Crippen molar-refractivity contribution >= 4 is 15.9 Å². The number of H-pyrrole nitrogens is 1. The Morgan fingerprint density at radius 2 is 2.00 bits per heavy atom. The summed E-state index contributed by atoms with van der Waals surface area (Å²) in [6, 6.07) is 3.81. The van der Waals surface area contributed by atoms with Gasteiger partial charge in [0, 0.05) is 11.6 Å². The highest BCUT2D eigenvalue weighted by Gasteiger charge is 2.16. The Balaban J connectivity index is 2.65. The molecule has 17 heavy (non-hydrogen) atoms. The molecular formula is C12H13BrN2O2. The minimum absolute atomic E-state index is 0.745.